The minimum atomic E-state index is 0.674. The first-order chi connectivity index (χ1) is 7.33. The minimum absolute atomic E-state index is 0.674. The summed E-state index contributed by atoms with van der Waals surface area (Å²) in [6, 6.07) is 12.3. The van der Waals surface area contributed by atoms with Crippen molar-refractivity contribution in [2.24, 2.45) is 5.73 Å². The Morgan fingerprint density at radius 1 is 1.13 bits per heavy atom. The molecule has 0 fully saturated rings. The van der Waals surface area contributed by atoms with Gasteiger partial charge in [-0.05, 0) is 11.5 Å². The monoisotopic (exact) mass is 237 g/mol. The summed E-state index contributed by atoms with van der Waals surface area (Å²) in [5.41, 5.74) is 5.48. The summed E-state index contributed by atoms with van der Waals surface area (Å²) in [5.74, 6) is 0.901. The second-order valence-corrected chi connectivity index (χ2v) is 4.75. The molecule has 2 aromatic rings. The van der Waals surface area contributed by atoms with Crippen molar-refractivity contribution in [1.29, 1.82) is 0 Å². The molecule has 0 saturated heterocycles. The molecule has 0 amide bonds. The van der Waals surface area contributed by atoms with Gasteiger partial charge in [0.05, 0.1) is 5.02 Å². The van der Waals surface area contributed by atoms with Crippen LogP contribution < -0.4 is 5.73 Å². The molecule has 15 heavy (non-hydrogen) atoms. The molecular weight excluding hydrogens is 226 g/mol. The Bertz CT molecular complexity index is 470. The molecule has 1 nitrogen and oxygen atoms in total. The number of thioether (sulfide) groups is 1. The zero-order chi connectivity index (χ0) is 10.7. The van der Waals surface area contributed by atoms with Crippen molar-refractivity contribution >= 4 is 34.1 Å². The first-order valence-corrected chi connectivity index (χ1v) is 6.19. The molecule has 0 aromatic heterocycles. The molecule has 0 heterocycles. The second kappa shape index (κ2) is 4.88. The maximum atomic E-state index is 6.32. The molecular formula is C12H12ClNS. The highest BCUT2D eigenvalue weighted by atomic mass is 35.5. The molecule has 0 atom stereocenters. The van der Waals surface area contributed by atoms with Gasteiger partial charge in [0.2, 0.25) is 0 Å². The predicted molar refractivity (Wildman–Crippen MR) is 68.7 cm³/mol. The maximum Gasteiger partial charge on any atom is 0.0620 e. The van der Waals surface area contributed by atoms with Crippen molar-refractivity contribution in [2.75, 3.05) is 12.3 Å². The minimum Gasteiger partial charge on any atom is -0.330 e. The molecule has 0 spiro atoms. The highest BCUT2D eigenvalue weighted by Gasteiger charge is 2.04. The molecule has 0 unspecified atom stereocenters. The van der Waals surface area contributed by atoms with Crippen LogP contribution in [0.3, 0.4) is 0 Å². The highest BCUT2D eigenvalue weighted by Crippen LogP contribution is 2.33. The Morgan fingerprint density at radius 2 is 1.93 bits per heavy atom. The zero-order valence-electron chi connectivity index (χ0n) is 8.24. The molecule has 2 N–H and O–H groups in total. The van der Waals surface area contributed by atoms with Crippen molar-refractivity contribution in [1.82, 2.24) is 0 Å². The number of halogens is 1. The van der Waals surface area contributed by atoms with Crippen LogP contribution in [-0.2, 0) is 0 Å². The van der Waals surface area contributed by atoms with E-state index in [1.165, 1.54) is 5.39 Å². The Morgan fingerprint density at radius 3 is 2.73 bits per heavy atom. The van der Waals surface area contributed by atoms with Crippen molar-refractivity contribution in [3.05, 3.63) is 41.4 Å². The summed E-state index contributed by atoms with van der Waals surface area (Å²) < 4.78 is 0. The normalized spacial score (nSPS) is 10.8. The van der Waals surface area contributed by atoms with Crippen LogP contribution in [0.25, 0.3) is 10.8 Å². The number of rotatable bonds is 3. The highest BCUT2D eigenvalue weighted by molar-refractivity contribution is 7.99. The molecule has 2 aromatic carbocycles. The van der Waals surface area contributed by atoms with Crippen molar-refractivity contribution in [3.63, 3.8) is 0 Å². The lowest BCUT2D eigenvalue weighted by atomic mass is 10.1. The van der Waals surface area contributed by atoms with Crippen LogP contribution in [0.15, 0.2) is 41.3 Å². The number of hydrogen-bond acceptors (Lipinski definition) is 2. The van der Waals surface area contributed by atoms with E-state index in [2.05, 4.69) is 18.2 Å². The summed E-state index contributed by atoms with van der Waals surface area (Å²) in [7, 11) is 0. The number of fused-ring (bicyclic) bond motifs is 1. The van der Waals surface area contributed by atoms with Gasteiger partial charge in [0.1, 0.15) is 0 Å². The lowest BCUT2D eigenvalue weighted by molar-refractivity contribution is 1.15. The average Bonchev–Trinajstić information content (AvgIpc) is 2.29. The molecule has 0 aliphatic heterocycles. The van der Waals surface area contributed by atoms with Crippen molar-refractivity contribution in [3.8, 4) is 0 Å². The van der Waals surface area contributed by atoms with Gasteiger partial charge < -0.3 is 5.73 Å². The van der Waals surface area contributed by atoms with E-state index in [-0.39, 0.29) is 0 Å². The molecule has 0 radical (unpaired) electrons. The fourth-order valence-corrected chi connectivity index (χ4v) is 2.63. The van der Waals surface area contributed by atoms with Crippen LogP contribution >= 0.6 is 23.4 Å². The number of benzene rings is 2. The molecule has 2 rings (SSSR count). The van der Waals surface area contributed by atoms with Gasteiger partial charge in [-0.25, -0.2) is 0 Å². The number of hydrogen-bond donors (Lipinski definition) is 1. The number of nitrogens with two attached hydrogens (primary N) is 1. The second-order valence-electron chi connectivity index (χ2n) is 3.24. The molecule has 0 aliphatic rings. The van der Waals surface area contributed by atoms with Gasteiger partial charge in [0, 0.05) is 22.6 Å². The first-order valence-electron chi connectivity index (χ1n) is 4.83. The van der Waals surface area contributed by atoms with Crippen LogP contribution in [0.2, 0.25) is 5.02 Å². The lowest BCUT2D eigenvalue weighted by Crippen LogP contribution is -2.00. The third kappa shape index (κ3) is 2.28. The van der Waals surface area contributed by atoms with Crippen molar-refractivity contribution in [2.45, 2.75) is 4.90 Å². The smallest absolute Gasteiger partial charge is 0.0620 e. The molecule has 0 bridgehead atoms. The lowest BCUT2D eigenvalue weighted by Gasteiger charge is -2.06. The Kier molecular flexibility index (Phi) is 3.52. The third-order valence-corrected chi connectivity index (χ3v) is 3.81. The maximum absolute atomic E-state index is 6.32. The quantitative estimate of drug-likeness (QED) is 0.827. The van der Waals surface area contributed by atoms with E-state index in [0.29, 0.717) is 6.54 Å². The first kappa shape index (κ1) is 10.8. The SMILES string of the molecule is NCCSc1ccc2ccccc2c1Cl. The van der Waals surface area contributed by atoms with Crippen LogP contribution in [-0.4, -0.2) is 12.3 Å². The largest absolute Gasteiger partial charge is 0.330 e. The van der Waals surface area contributed by atoms with Gasteiger partial charge in [0.15, 0.2) is 0 Å². The summed E-state index contributed by atoms with van der Waals surface area (Å²) >= 11 is 8.02. The predicted octanol–water partition coefficient (Wildman–Crippen LogP) is 3.54. The molecule has 3 heteroatoms. The van der Waals surface area contributed by atoms with E-state index >= 15 is 0 Å². The van der Waals surface area contributed by atoms with Gasteiger partial charge in [-0.15, -0.1) is 11.8 Å². The molecule has 0 aliphatic carbocycles. The van der Waals surface area contributed by atoms with E-state index < -0.39 is 0 Å². The Labute approximate surface area is 98.6 Å². The molecule has 78 valence electrons. The van der Waals surface area contributed by atoms with Gasteiger partial charge in [0.25, 0.3) is 0 Å². The van der Waals surface area contributed by atoms with E-state index in [1.54, 1.807) is 11.8 Å². The van der Waals surface area contributed by atoms with Crippen LogP contribution in [0.4, 0.5) is 0 Å². The van der Waals surface area contributed by atoms with E-state index in [9.17, 15) is 0 Å². The summed E-state index contributed by atoms with van der Waals surface area (Å²) in [6.45, 7) is 0.674. The van der Waals surface area contributed by atoms with E-state index in [1.807, 2.05) is 18.2 Å². The summed E-state index contributed by atoms with van der Waals surface area (Å²) in [6.07, 6.45) is 0. The Hall–Kier alpha value is -0.700. The Balaban J connectivity index is 2.45. The van der Waals surface area contributed by atoms with Gasteiger partial charge in [-0.1, -0.05) is 41.9 Å². The fraction of sp³-hybridized carbons (Fsp3) is 0.167. The zero-order valence-corrected chi connectivity index (χ0v) is 9.81. The average molecular weight is 238 g/mol. The van der Waals surface area contributed by atoms with Crippen LogP contribution in [0, 0.1) is 0 Å². The van der Waals surface area contributed by atoms with E-state index in [0.717, 1.165) is 21.1 Å². The standard InChI is InChI=1S/C12H12ClNS/c13-12-10-4-2-1-3-9(10)5-6-11(12)15-8-7-14/h1-6H,7-8,14H2. The van der Waals surface area contributed by atoms with E-state index in [4.69, 9.17) is 17.3 Å². The summed E-state index contributed by atoms with van der Waals surface area (Å²) in [4.78, 5) is 1.11. The van der Waals surface area contributed by atoms with Gasteiger partial charge in [-0.3, -0.25) is 0 Å². The third-order valence-electron chi connectivity index (χ3n) is 2.20. The molecule has 0 saturated carbocycles. The van der Waals surface area contributed by atoms with Crippen LogP contribution in [0.5, 0.6) is 0 Å². The van der Waals surface area contributed by atoms with Crippen LogP contribution in [0.1, 0.15) is 0 Å². The fourth-order valence-electron chi connectivity index (χ4n) is 1.49. The van der Waals surface area contributed by atoms with Crippen molar-refractivity contribution < 1.29 is 0 Å². The topological polar surface area (TPSA) is 26.0 Å². The summed E-state index contributed by atoms with van der Waals surface area (Å²) in [5, 5.41) is 3.13. The van der Waals surface area contributed by atoms with Gasteiger partial charge in [-0.2, -0.15) is 0 Å². The van der Waals surface area contributed by atoms with Gasteiger partial charge >= 0.3 is 0 Å².